The summed E-state index contributed by atoms with van der Waals surface area (Å²) in [5.41, 5.74) is 1.61. The second-order valence-electron chi connectivity index (χ2n) is 3.51. The second-order valence-corrected chi connectivity index (χ2v) is 3.51. The summed E-state index contributed by atoms with van der Waals surface area (Å²) in [5.74, 6) is 0. The minimum atomic E-state index is -0.383. The fraction of sp³-hybridized carbons (Fsp3) is 0.667. The highest BCUT2D eigenvalue weighted by Crippen LogP contribution is 1.98. The van der Waals surface area contributed by atoms with Crippen molar-refractivity contribution in [3.63, 3.8) is 0 Å². The molecular formula is C9H16BN2O3. The topological polar surface area (TPSA) is 61.1 Å². The Hall–Kier alpha value is -0.845. The van der Waals surface area contributed by atoms with Crippen molar-refractivity contribution in [3.05, 3.63) is 11.8 Å². The first-order valence-corrected chi connectivity index (χ1v) is 5.40. The van der Waals surface area contributed by atoms with Crippen molar-refractivity contribution < 1.29 is 19.1 Å². The molecule has 0 aliphatic carbocycles. The van der Waals surface area contributed by atoms with Gasteiger partial charge >= 0.3 is 0 Å². The van der Waals surface area contributed by atoms with Crippen LogP contribution >= 0.6 is 0 Å². The molecule has 0 atom stereocenters. The third-order valence-corrected chi connectivity index (χ3v) is 2.35. The van der Waals surface area contributed by atoms with Crippen LogP contribution in [0, 0.1) is 0 Å². The lowest BCUT2D eigenvalue weighted by molar-refractivity contribution is -0.657. The zero-order valence-electron chi connectivity index (χ0n) is 8.94. The minimum absolute atomic E-state index is 0.383. The van der Waals surface area contributed by atoms with Crippen LogP contribution in [0.25, 0.3) is 0 Å². The quantitative estimate of drug-likeness (QED) is 0.607. The van der Waals surface area contributed by atoms with E-state index in [0.29, 0.717) is 18.9 Å². The summed E-state index contributed by atoms with van der Waals surface area (Å²) in [6.07, 6.45) is 0.865. The number of nitrogens with two attached hydrogens (primary N) is 1. The number of quaternary nitrogens is 1. The average molecular weight is 211 g/mol. The second kappa shape index (κ2) is 5.30. The normalized spacial score (nSPS) is 19.8. The molecule has 1 saturated heterocycles. The molecule has 1 fully saturated rings. The number of nitrogens with zero attached hydrogens (tertiary/aromatic N) is 1. The number of rotatable bonds is 2. The molecule has 1 aliphatic rings. The van der Waals surface area contributed by atoms with Gasteiger partial charge < -0.3 is 19.1 Å². The van der Waals surface area contributed by atoms with Gasteiger partial charge in [0, 0.05) is 5.66 Å². The van der Waals surface area contributed by atoms with Crippen LogP contribution < -0.4 is 11.0 Å². The van der Waals surface area contributed by atoms with Gasteiger partial charge in [0.15, 0.2) is 0 Å². The van der Waals surface area contributed by atoms with E-state index in [1.165, 1.54) is 0 Å². The Bertz CT molecular complexity index is 297. The van der Waals surface area contributed by atoms with Gasteiger partial charge in [0.2, 0.25) is 7.12 Å². The Morgan fingerprint density at radius 3 is 2.73 bits per heavy atom. The van der Waals surface area contributed by atoms with E-state index in [9.17, 15) is 0 Å². The van der Waals surface area contributed by atoms with Crippen molar-refractivity contribution in [1.82, 2.24) is 5.16 Å². The first-order valence-electron chi connectivity index (χ1n) is 5.40. The van der Waals surface area contributed by atoms with Crippen molar-refractivity contribution in [2.75, 3.05) is 26.3 Å². The van der Waals surface area contributed by atoms with Gasteiger partial charge in [-0.15, -0.1) is 0 Å². The highest BCUT2D eigenvalue weighted by Gasteiger charge is 2.11. The smallest absolute Gasteiger partial charge is 0.219 e. The molecule has 2 heterocycles. The van der Waals surface area contributed by atoms with Crippen molar-refractivity contribution in [3.8, 4) is 0 Å². The molecule has 1 radical (unpaired) electrons. The maximum atomic E-state index is 5.54. The Labute approximate surface area is 89.3 Å². The predicted molar refractivity (Wildman–Crippen MR) is 54.8 cm³/mol. The molecule has 15 heavy (non-hydrogen) atoms. The lowest BCUT2D eigenvalue weighted by Crippen LogP contribution is -2.86. The van der Waals surface area contributed by atoms with Crippen LogP contribution in [-0.4, -0.2) is 38.6 Å². The van der Waals surface area contributed by atoms with Gasteiger partial charge in [0.25, 0.3) is 0 Å². The highest BCUT2D eigenvalue weighted by molar-refractivity contribution is 6.59. The maximum absolute atomic E-state index is 5.54. The Kier molecular flexibility index (Phi) is 3.77. The van der Waals surface area contributed by atoms with Crippen molar-refractivity contribution in [2.24, 2.45) is 0 Å². The molecule has 5 nitrogen and oxygen atoms in total. The largest absolute Gasteiger partial charge is 0.580 e. The fourth-order valence-electron chi connectivity index (χ4n) is 1.48. The van der Waals surface area contributed by atoms with E-state index >= 15 is 0 Å². The van der Waals surface area contributed by atoms with Crippen LogP contribution in [0.15, 0.2) is 10.6 Å². The number of aromatic nitrogens is 1. The molecule has 0 spiro atoms. The molecule has 0 saturated carbocycles. The summed E-state index contributed by atoms with van der Waals surface area (Å²) in [6.45, 7) is 5.32. The molecular weight excluding hydrogens is 195 g/mol. The van der Waals surface area contributed by atoms with Gasteiger partial charge in [-0.05, 0) is 12.5 Å². The number of hydrogen-bond acceptors (Lipinski definition) is 4. The van der Waals surface area contributed by atoms with E-state index in [-0.39, 0.29) is 7.12 Å². The Balaban J connectivity index is 2.00. The molecule has 0 aromatic carbocycles. The van der Waals surface area contributed by atoms with Gasteiger partial charge in [-0.25, -0.2) is 0 Å². The molecule has 0 bridgehead atoms. The van der Waals surface area contributed by atoms with Gasteiger partial charge in [-0.1, -0.05) is 12.1 Å². The van der Waals surface area contributed by atoms with E-state index < -0.39 is 0 Å². The third kappa shape index (κ3) is 2.81. The minimum Gasteiger partial charge on any atom is -0.580 e. The number of aryl methyl sites for hydroxylation is 1. The van der Waals surface area contributed by atoms with Crippen LogP contribution in [0.5, 0.6) is 0 Å². The SMILES string of the molecule is CCc1cc([B-]2OCC[NH2+]CCO2)on1. The zero-order chi connectivity index (χ0) is 10.5. The first kappa shape index (κ1) is 10.7. The molecule has 1 aliphatic heterocycles. The summed E-state index contributed by atoms with van der Waals surface area (Å²) < 4.78 is 16.3. The Morgan fingerprint density at radius 2 is 2.13 bits per heavy atom. The molecule has 1 aromatic rings. The van der Waals surface area contributed by atoms with E-state index in [1.807, 2.05) is 13.0 Å². The maximum Gasteiger partial charge on any atom is 0.219 e. The van der Waals surface area contributed by atoms with Crippen LogP contribution in [0.2, 0.25) is 0 Å². The zero-order valence-corrected chi connectivity index (χ0v) is 8.94. The molecule has 2 rings (SSSR count). The van der Waals surface area contributed by atoms with Crippen molar-refractivity contribution in [1.29, 1.82) is 0 Å². The summed E-state index contributed by atoms with van der Waals surface area (Å²) >= 11 is 0. The molecule has 83 valence electrons. The van der Waals surface area contributed by atoms with Gasteiger partial charge in [-0.2, -0.15) is 0 Å². The monoisotopic (exact) mass is 211 g/mol. The highest BCUT2D eigenvalue weighted by atomic mass is 16.6. The van der Waals surface area contributed by atoms with E-state index in [4.69, 9.17) is 13.8 Å². The van der Waals surface area contributed by atoms with Gasteiger partial charge in [0.05, 0.1) is 32.0 Å². The molecule has 6 heteroatoms. The standard InChI is InChI=1S/C9H15BN2O3/c1-2-8-7-9(15-12-8)10-13-5-3-11-4-6-14-10/h7,11H,2-6H2,1H3/q-1/p+1. The van der Waals surface area contributed by atoms with E-state index in [2.05, 4.69) is 10.5 Å². The lowest BCUT2D eigenvalue weighted by atomic mass is 9.85. The summed E-state index contributed by atoms with van der Waals surface area (Å²) in [6, 6.07) is 1.90. The van der Waals surface area contributed by atoms with E-state index in [1.54, 1.807) is 0 Å². The van der Waals surface area contributed by atoms with Gasteiger partial charge in [0.1, 0.15) is 0 Å². The van der Waals surface area contributed by atoms with Crippen molar-refractivity contribution >= 4 is 12.8 Å². The summed E-state index contributed by atoms with van der Waals surface area (Å²) in [4.78, 5) is 0. The van der Waals surface area contributed by atoms with Gasteiger partial charge in [-0.3, -0.25) is 0 Å². The van der Waals surface area contributed by atoms with Crippen LogP contribution in [0.1, 0.15) is 12.6 Å². The third-order valence-electron chi connectivity index (χ3n) is 2.35. The van der Waals surface area contributed by atoms with Crippen LogP contribution in [0.3, 0.4) is 0 Å². The van der Waals surface area contributed by atoms with Crippen LogP contribution in [0.4, 0.5) is 0 Å². The average Bonchev–Trinajstić information content (AvgIpc) is 2.65. The number of hydrogen-bond donors (Lipinski definition) is 1. The Morgan fingerprint density at radius 1 is 1.40 bits per heavy atom. The lowest BCUT2D eigenvalue weighted by Gasteiger charge is -2.28. The molecule has 0 unspecified atom stereocenters. The predicted octanol–water partition coefficient (Wildman–Crippen LogP) is -1.46. The molecule has 1 aromatic heterocycles. The van der Waals surface area contributed by atoms with Crippen LogP contribution in [-0.2, 0) is 15.7 Å². The van der Waals surface area contributed by atoms with Crippen molar-refractivity contribution in [2.45, 2.75) is 13.3 Å². The summed E-state index contributed by atoms with van der Waals surface area (Å²) in [5, 5.41) is 6.10. The molecule has 0 amide bonds. The molecule has 2 N–H and O–H groups in total. The summed E-state index contributed by atoms with van der Waals surface area (Å²) in [7, 11) is -0.383. The first-order chi connectivity index (χ1) is 7.40. The van der Waals surface area contributed by atoms with E-state index in [0.717, 1.165) is 25.2 Å². The fourth-order valence-corrected chi connectivity index (χ4v) is 1.48.